The quantitative estimate of drug-likeness (QED) is 0.835. The molecule has 1 heterocycles. The van der Waals surface area contributed by atoms with Crippen LogP contribution in [0.5, 0.6) is 0 Å². The van der Waals surface area contributed by atoms with Gasteiger partial charge in [0.1, 0.15) is 0 Å². The van der Waals surface area contributed by atoms with Gasteiger partial charge in [0.15, 0.2) is 0 Å². The van der Waals surface area contributed by atoms with E-state index < -0.39 is 0 Å². The molecule has 1 atom stereocenters. The van der Waals surface area contributed by atoms with E-state index in [-0.39, 0.29) is 5.91 Å². The van der Waals surface area contributed by atoms with Gasteiger partial charge in [-0.15, -0.1) is 0 Å². The van der Waals surface area contributed by atoms with Crippen molar-refractivity contribution < 1.29 is 9.53 Å². The maximum absolute atomic E-state index is 12.0. The lowest BCUT2D eigenvalue weighted by Crippen LogP contribution is -2.44. The maximum Gasteiger partial charge on any atom is 0.224 e. The maximum atomic E-state index is 12.0. The molecule has 1 saturated heterocycles. The molecule has 0 saturated carbocycles. The average Bonchev–Trinajstić information content (AvgIpc) is 2.50. The molecule has 1 amide bonds. The number of anilines is 1. The molecule has 116 valence electrons. The van der Waals surface area contributed by atoms with Gasteiger partial charge in [0, 0.05) is 31.2 Å². The summed E-state index contributed by atoms with van der Waals surface area (Å²) in [4.78, 5) is 14.4. The molecule has 0 bridgehead atoms. The van der Waals surface area contributed by atoms with Crippen LogP contribution in [0.25, 0.3) is 0 Å². The third-order valence-corrected chi connectivity index (χ3v) is 3.87. The van der Waals surface area contributed by atoms with Crippen molar-refractivity contribution in [1.82, 2.24) is 4.90 Å². The van der Waals surface area contributed by atoms with Crippen molar-refractivity contribution in [3.8, 4) is 0 Å². The van der Waals surface area contributed by atoms with Crippen molar-refractivity contribution in [2.45, 2.75) is 32.4 Å². The number of carbonyl (C=O) groups is 1. The summed E-state index contributed by atoms with van der Waals surface area (Å²) in [5.74, 6) is 0.0526. The molecule has 1 fully saturated rings. The van der Waals surface area contributed by atoms with Crippen LogP contribution in [0.15, 0.2) is 24.3 Å². The Labute approximate surface area is 126 Å². The smallest absolute Gasteiger partial charge is 0.224 e. The van der Waals surface area contributed by atoms with Gasteiger partial charge in [0.05, 0.1) is 13.2 Å². The number of hydrogen-bond donors (Lipinski definition) is 2. The predicted octanol–water partition coefficient (Wildman–Crippen LogP) is 1.58. The van der Waals surface area contributed by atoms with Gasteiger partial charge in [0.2, 0.25) is 5.91 Å². The first kappa shape index (κ1) is 15.9. The highest BCUT2D eigenvalue weighted by molar-refractivity contribution is 5.91. The highest BCUT2D eigenvalue weighted by atomic mass is 16.5. The molecule has 1 aromatic rings. The minimum absolute atomic E-state index is 0.0526. The summed E-state index contributed by atoms with van der Waals surface area (Å²) in [6.45, 7) is 6.07. The summed E-state index contributed by atoms with van der Waals surface area (Å²) in [6.07, 6.45) is 1.39. The fourth-order valence-electron chi connectivity index (χ4n) is 2.57. The normalized spacial score (nSPS) is 19.4. The van der Waals surface area contributed by atoms with Crippen molar-refractivity contribution in [2.24, 2.45) is 5.73 Å². The van der Waals surface area contributed by atoms with Crippen molar-refractivity contribution >= 4 is 11.6 Å². The largest absolute Gasteiger partial charge is 0.379 e. The molecule has 5 heteroatoms. The van der Waals surface area contributed by atoms with Crippen LogP contribution in [-0.4, -0.2) is 43.2 Å². The second-order valence-electron chi connectivity index (χ2n) is 5.47. The molecular weight excluding hydrogens is 266 g/mol. The number of para-hydroxylation sites is 1. The molecule has 3 N–H and O–H groups in total. The number of carbonyl (C=O) groups excluding carboxylic acids is 1. The van der Waals surface area contributed by atoms with E-state index in [1.807, 2.05) is 24.3 Å². The van der Waals surface area contributed by atoms with E-state index in [9.17, 15) is 4.79 Å². The third-order valence-electron chi connectivity index (χ3n) is 3.87. The highest BCUT2D eigenvalue weighted by Gasteiger charge is 2.18. The Kier molecular flexibility index (Phi) is 6.17. The van der Waals surface area contributed by atoms with Crippen LogP contribution in [0.1, 0.15) is 25.3 Å². The molecule has 0 aromatic heterocycles. The first-order valence-corrected chi connectivity index (χ1v) is 7.60. The number of hydrogen-bond acceptors (Lipinski definition) is 4. The summed E-state index contributed by atoms with van der Waals surface area (Å²) >= 11 is 0. The Morgan fingerprint density at radius 3 is 3.05 bits per heavy atom. The SMILES string of the molecule is CC1COCCN1CCCC(=O)Nc1ccccc1CN. The van der Waals surface area contributed by atoms with Crippen LogP contribution < -0.4 is 11.1 Å². The average molecular weight is 291 g/mol. The number of nitrogens with two attached hydrogens (primary N) is 1. The zero-order valence-electron chi connectivity index (χ0n) is 12.7. The Hall–Kier alpha value is -1.43. The number of nitrogens with one attached hydrogen (secondary N) is 1. The van der Waals surface area contributed by atoms with E-state index in [1.165, 1.54) is 0 Å². The van der Waals surface area contributed by atoms with Gasteiger partial charge in [-0.25, -0.2) is 0 Å². The van der Waals surface area contributed by atoms with Gasteiger partial charge in [-0.05, 0) is 31.5 Å². The van der Waals surface area contributed by atoms with E-state index in [0.29, 0.717) is 19.0 Å². The summed E-state index contributed by atoms with van der Waals surface area (Å²) in [6, 6.07) is 8.11. The van der Waals surface area contributed by atoms with Crippen molar-refractivity contribution in [1.29, 1.82) is 0 Å². The van der Waals surface area contributed by atoms with Gasteiger partial charge in [0.25, 0.3) is 0 Å². The van der Waals surface area contributed by atoms with E-state index in [2.05, 4.69) is 17.1 Å². The second-order valence-corrected chi connectivity index (χ2v) is 5.47. The topological polar surface area (TPSA) is 67.6 Å². The lowest BCUT2D eigenvalue weighted by Gasteiger charge is -2.33. The number of benzene rings is 1. The van der Waals surface area contributed by atoms with Crippen LogP contribution in [-0.2, 0) is 16.1 Å². The molecule has 1 aromatic carbocycles. The van der Waals surface area contributed by atoms with E-state index in [1.54, 1.807) is 0 Å². The third kappa shape index (κ3) is 4.81. The highest BCUT2D eigenvalue weighted by Crippen LogP contribution is 2.15. The summed E-state index contributed by atoms with van der Waals surface area (Å²) < 4.78 is 5.41. The van der Waals surface area contributed by atoms with Crippen molar-refractivity contribution in [3.05, 3.63) is 29.8 Å². The minimum atomic E-state index is 0.0526. The minimum Gasteiger partial charge on any atom is -0.379 e. The molecule has 0 spiro atoms. The van der Waals surface area contributed by atoms with Gasteiger partial charge in [-0.3, -0.25) is 9.69 Å². The summed E-state index contributed by atoms with van der Waals surface area (Å²) in [5.41, 5.74) is 7.46. The number of ether oxygens (including phenoxy) is 1. The summed E-state index contributed by atoms with van der Waals surface area (Å²) in [7, 11) is 0. The number of rotatable bonds is 6. The van der Waals surface area contributed by atoms with Crippen LogP contribution in [0, 0.1) is 0 Å². The Morgan fingerprint density at radius 1 is 1.48 bits per heavy atom. The lowest BCUT2D eigenvalue weighted by molar-refractivity contribution is -0.116. The Bertz CT molecular complexity index is 465. The van der Waals surface area contributed by atoms with Gasteiger partial charge < -0.3 is 15.8 Å². The van der Waals surface area contributed by atoms with Crippen LogP contribution in [0.4, 0.5) is 5.69 Å². The van der Waals surface area contributed by atoms with Crippen LogP contribution in [0.3, 0.4) is 0 Å². The first-order valence-electron chi connectivity index (χ1n) is 7.60. The fourth-order valence-corrected chi connectivity index (χ4v) is 2.57. The van der Waals surface area contributed by atoms with Gasteiger partial charge in [-0.1, -0.05) is 18.2 Å². The van der Waals surface area contributed by atoms with Gasteiger partial charge in [-0.2, -0.15) is 0 Å². The van der Waals surface area contributed by atoms with E-state index in [4.69, 9.17) is 10.5 Å². The summed E-state index contributed by atoms with van der Waals surface area (Å²) in [5, 5.41) is 2.95. The number of amides is 1. The molecule has 0 radical (unpaired) electrons. The monoisotopic (exact) mass is 291 g/mol. The zero-order chi connectivity index (χ0) is 15.1. The molecule has 2 rings (SSSR count). The molecule has 0 aliphatic carbocycles. The number of nitrogens with zero attached hydrogens (tertiary/aromatic N) is 1. The molecular formula is C16H25N3O2. The molecule has 5 nitrogen and oxygen atoms in total. The van der Waals surface area contributed by atoms with Crippen LogP contribution >= 0.6 is 0 Å². The Balaban J connectivity index is 1.74. The zero-order valence-corrected chi connectivity index (χ0v) is 12.7. The Morgan fingerprint density at radius 2 is 2.29 bits per heavy atom. The lowest BCUT2D eigenvalue weighted by atomic mass is 10.1. The standard InChI is InChI=1S/C16H25N3O2/c1-13-12-21-10-9-19(13)8-4-7-16(20)18-15-6-3-2-5-14(15)11-17/h2-3,5-6,13H,4,7-12,17H2,1H3,(H,18,20). The fraction of sp³-hybridized carbons (Fsp3) is 0.562. The van der Waals surface area contributed by atoms with E-state index in [0.717, 1.165) is 44.0 Å². The van der Waals surface area contributed by atoms with E-state index >= 15 is 0 Å². The molecule has 1 unspecified atom stereocenters. The van der Waals surface area contributed by atoms with Crippen molar-refractivity contribution in [2.75, 3.05) is 31.6 Å². The van der Waals surface area contributed by atoms with Crippen LogP contribution in [0.2, 0.25) is 0 Å². The molecule has 1 aliphatic heterocycles. The first-order chi connectivity index (χ1) is 10.2. The molecule has 1 aliphatic rings. The number of morpholine rings is 1. The van der Waals surface area contributed by atoms with Gasteiger partial charge >= 0.3 is 0 Å². The van der Waals surface area contributed by atoms with Crippen molar-refractivity contribution in [3.63, 3.8) is 0 Å². The second kappa shape index (κ2) is 8.12. The molecule has 21 heavy (non-hydrogen) atoms. The predicted molar refractivity (Wildman–Crippen MR) is 84.1 cm³/mol.